The second kappa shape index (κ2) is 5.07. The highest BCUT2D eigenvalue weighted by atomic mass is 15.6. The zero-order chi connectivity index (χ0) is 12.3. The highest BCUT2D eigenvalue weighted by molar-refractivity contribution is 5.57. The van der Waals surface area contributed by atoms with Crippen LogP contribution in [0.15, 0.2) is 5.10 Å². The standard InChI is InChI=1S/C13H27N3/c1-7-8-16-12(13(4,5)6)15(10-14-16)9-11(2)3/h10-12H,7-9H2,1-6H3. The molecule has 1 atom stereocenters. The van der Waals surface area contributed by atoms with E-state index >= 15 is 0 Å². The quantitative estimate of drug-likeness (QED) is 0.732. The van der Waals surface area contributed by atoms with Crippen LogP contribution in [-0.2, 0) is 0 Å². The molecule has 3 heteroatoms. The van der Waals surface area contributed by atoms with E-state index in [4.69, 9.17) is 0 Å². The Bertz CT molecular complexity index is 240. The summed E-state index contributed by atoms with van der Waals surface area (Å²) >= 11 is 0. The Hall–Kier alpha value is -0.730. The van der Waals surface area contributed by atoms with Crippen LogP contribution in [0.5, 0.6) is 0 Å². The second-order valence-corrected chi connectivity index (χ2v) is 6.22. The van der Waals surface area contributed by atoms with Crippen LogP contribution in [0, 0.1) is 11.3 Å². The summed E-state index contributed by atoms with van der Waals surface area (Å²) in [5.74, 6) is 0.679. The molecule has 16 heavy (non-hydrogen) atoms. The van der Waals surface area contributed by atoms with Crippen molar-refractivity contribution in [3.63, 3.8) is 0 Å². The average molecular weight is 225 g/mol. The van der Waals surface area contributed by atoms with Gasteiger partial charge >= 0.3 is 0 Å². The van der Waals surface area contributed by atoms with Gasteiger partial charge in [-0.15, -0.1) is 0 Å². The number of hydrogen-bond donors (Lipinski definition) is 0. The molecule has 1 unspecified atom stereocenters. The Morgan fingerprint density at radius 2 is 1.94 bits per heavy atom. The van der Waals surface area contributed by atoms with Gasteiger partial charge in [-0.1, -0.05) is 41.5 Å². The smallest absolute Gasteiger partial charge is 0.124 e. The molecule has 0 fully saturated rings. The molecule has 94 valence electrons. The molecule has 0 aromatic carbocycles. The summed E-state index contributed by atoms with van der Waals surface area (Å²) in [7, 11) is 0. The van der Waals surface area contributed by atoms with Crippen molar-refractivity contribution < 1.29 is 0 Å². The van der Waals surface area contributed by atoms with E-state index in [0.29, 0.717) is 12.1 Å². The zero-order valence-corrected chi connectivity index (χ0v) is 11.7. The molecule has 1 aliphatic heterocycles. The van der Waals surface area contributed by atoms with Gasteiger partial charge in [-0.2, -0.15) is 5.10 Å². The Balaban J connectivity index is 2.75. The fourth-order valence-corrected chi connectivity index (χ4v) is 2.35. The van der Waals surface area contributed by atoms with Gasteiger partial charge in [0.1, 0.15) is 12.5 Å². The van der Waals surface area contributed by atoms with Gasteiger partial charge in [0.25, 0.3) is 0 Å². The minimum Gasteiger partial charge on any atom is -0.339 e. The van der Waals surface area contributed by atoms with Crippen molar-refractivity contribution >= 4 is 6.34 Å². The first-order chi connectivity index (χ1) is 7.36. The van der Waals surface area contributed by atoms with Crippen LogP contribution in [0.25, 0.3) is 0 Å². The topological polar surface area (TPSA) is 18.8 Å². The average Bonchev–Trinajstić information content (AvgIpc) is 2.46. The summed E-state index contributed by atoms with van der Waals surface area (Å²) in [6.45, 7) is 15.7. The first kappa shape index (κ1) is 13.3. The molecule has 3 nitrogen and oxygen atoms in total. The third-order valence-corrected chi connectivity index (χ3v) is 2.75. The Labute approximate surface area is 100 Å². The molecule has 1 aliphatic rings. The van der Waals surface area contributed by atoms with Crippen LogP contribution >= 0.6 is 0 Å². The highest BCUT2D eigenvalue weighted by Gasteiger charge is 2.37. The minimum absolute atomic E-state index is 0.237. The Morgan fingerprint density at radius 3 is 2.38 bits per heavy atom. The molecule has 0 radical (unpaired) electrons. The van der Waals surface area contributed by atoms with E-state index in [0.717, 1.165) is 19.5 Å². The summed E-state index contributed by atoms with van der Waals surface area (Å²) in [6, 6.07) is 0. The van der Waals surface area contributed by atoms with Gasteiger partial charge in [-0.25, -0.2) is 0 Å². The van der Waals surface area contributed by atoms with Crippen molar-refractivity contribution in [1.82, 2.24) is 9.91 Å². The first-order valence-electron chi connectivity index (χ1n) is 6.42. The molecule has 1 heterocycles. The van der Waals surface area contributed by atoms with Crippen molar-refractivity contribution in [1.29, 1.82) is 0 Å². The van der Waals surface area contributed by atoms with E-state index in [1.165, 1.54) is 0 Å². The van der Waals surface area contributed by atoms with Crippen LogP contribution in [0.1, 0.15) is 48.0 Å². The van der Waals surface area contributed by atoms with E-state index < -0.39 is 0 Å². The third-order valence-electron chi connectivity index (χ3n) is 2.75. The summed E-state index contributed by atoms with van der Waals surface area (Å²) in [6.07, 6.45) is 3.58. The first-order valence-corrected chi connectivity index (χ1v) is 6.42. The SMILES string of the molecule is CCCN1N=CN(CC(C)C)C1C(C)(C)C. The summed E-state index contributed by atoms with van der Waals surface area (Å²) in [4.78, 5) is 2.39. The molecule has 0 saturated heterocycles. The third kappa shape index (κ3) is 3.13. The molecular weight excluding hydrogens is 198 g/mol. The van der Waals surface area contributed by atoms with Crippen molar-refractivity contribution in [2.45, 2.75) is 54.1 Å². The fraction of sp³-hybridized carbons (Fsp3) is 0.923. The minimum atomic E-state index is 0.237. The van der Waals surface area contributed by atoms with Gasteiger partial charge in [0.15, 0.2) is 0 Å². The van der Waals surface area contributed by atoms with Crippen LogP contribution in [0.2, 0.25) is 0 Å². The normalized spacial score (nSPS) is 21.3. The molecule has 1 rings (SSSR count). The van der Waals surface area contributed by atoms with Gasteiger partial charge in [0, 0.05) is 18.5 Å². The lowest BCUT2D eigenvalue weighted by Gasteiger charge is -2.40. The highest BCUT2D eigenvalue weighted by Crippen LogP contribution is 2.30. The molecule has 0 aromatic rings. The summed E-state index contributed by atoms with van der Waals surface area (Å²) < 4.78 is 0. The van der Waals surface area contributed by atoms with E-state index in [-0.39, 0.29) is 5.41 Å². The fourth-order valence-electron chi connectivity index (χ4n) is 2.35. The molecule has 0 spiro atoms. The van der Waals surface area contributed by atoms with Crippen LogP contribution < -0.4 is 0 Å². The van der Waals surface area contributed by atoms with Crippen LogP contribution in [-0.4, -0.2) is 35.5 Å². The number of hydrazone groups is 1. The molecular formula is C13H27N3. The lowest BCUT2D eigenvalue weighted by atomic mass is 9.90. The number of rotatable bonds is 4. The van der Waals surface area contributed by atoms with Crippen molar-refractivity contribution in [2.75, 3.05) is 13.1 Å². The maximum atomic E-state index is 4.54. The van der Waals surface area contributed by atoms with Gasteiger partial charge in [-0.05, 0) is 12.3 Å². The number of hydrogen-bond acceptors (Lipinski definition) is 3. The Morgan fingerprint density at radius 1 is 1.31 bits per heavy atom. The van der Waals surface area contributed by atoms with Crippen molar-refractivity contribution in [3.8, 4) is 0 Å². The predicted molar refractivity (Wildman–Crippen MR) is 70.3 cm³/mol. The van der Waals surface area contributed by atoms with E-state index in [2.05, 4.69) is 56.6 Å². The summed E-state index contributed by atoms with van der Waals surface area (Å²) in [5, 5.41) is 6.78. The molecule has 0 aliphatic carbocycles. The largest absolute Gasteiger partial charge is 0.339 e. The monoisotopic (exact) mass is 225 g/mol. The van der Waals surface area contributed by atoms with Crippen LogP contribution in [0.4, 0.5) is 0 Å². The lowest BCUT2D eigenvalue weighted by molar-refractivity contribution is 0.0320. The van der Waals surface area contributed by atoms with E-state index in [1.54, 1.807) is 0 Å². The van der Waals surface area contributed by atoms with Crippen molar-refractivity contribution in [3.05, 3.63) is 0 Å². The molecule has 0 bridgehead atoms. The maximum Gasteiger partial charge on any atom is 0.124 e. The number of nitrogens with zero attached hydrogens (tertiary/aromatic N) is 3. The van der Waals surface area contributed by atoms with E-state index in [9.17, 15) is 0 Å². The van der Waals surface area contributed by atoms with Gasteiger partial charge < -0.3 is 4.90 Å². The molecule has 0 amide bonds. The lowest BCUT2D eigenvalue weighted by Crippen LogP contribution is -2.49. The van der Waals surface area contributed by atoms with Crippen LogP contribution in [0.3, 0.4) is 0 Å². The summed E-state index contributed by atoms with van der Waals surface area (Å²) in [5.41, 5.74) is 0.237. The van der Waals surface area contributed by atoms with Gasteiger partial charge in [0.05, 0.1) is 0 Å². The van der Waals surface area contributed by atoms with E-state index in [1.807, 2.05) is 6.34 Å². The van der Waals surface area contributed by atoms with Gasteiger partial charge in [0.2, 0.25) is 0 Å². The molecule has 0 N–H and O–H groups in total. The van der Waals surface area contributed by atoms with Crippen molar-refractivity contribution in [2.24, 2.45) is 16.4 Å². The predicted octanol–water partition coefficient (Wildman–Crippen LogP) is 2.99. The molecule has 0 aromatic heterocycles. The molecule has 0 saturated carbocycles. The second-order valence-electron chi connectivity index (χ2n) is 6.22. The zero-order valence-electron chi connectivity index (χ0n) is 11.7. The maximum absolute atomic E-state index is 4.54. The van der Waals surface area contributed by atoms with Gasteiger partial charge in [-0.3, -0.25) is 5.01 Å². The Kier molecular flexibility index (Phi) is 4.22.